The standard InChI is InChI=1S/C13H11ClN2S2/c14-13-9-3-1-2-4-10(9)18-11(13)7-15-8-12-16-5-6-17-12/h1-6,15H,7-8H2. The van der Waals surface area contributed by atoms with Gasteiger partial charge in [-0.2, -0.15) is 0 Å². The Bertz CT molecular complexity index is 646. The van der Waals surface area contributed by atoms with Crippen LogP contribution in [0.2, 0.25) is 5.02 Å². The third-order valence-corrected chi connectivity index (χ3v) is 5.14. The van der Waals surface area contributed by atoms with Gasteiger partial charge in [-0.05, 0) is 6.07 Å². The highest BCUT2D eigenvalue weighted by atomic mass is 35.5. The first kappa shape index (κ1) is 12.1. The van der Waals surface area contributed by atoms with E-state index in [2.05, 4.69) is 22.4 Å². The Morgan fingerprint density at radius 1 is 1.22 bits per heavy atom. The van der Waals surface area contributed by atoms with Gasteiger partial charge >= 0.3 is 0 Å². The molecule has 2 heterocycles. The molecule has 18 heavy (non-hydrogen) atoms. The number of thiophene rings is 1. The zero-order valence-electron chi connectivity index (χ0n) is 9.52. The highest BCUT2D eigenvalue weighted by Gasteiger charge is 2.09. The van der Waals surface area contributed by atoms with Gasteiger partial charge in [-0.3, -0.25) is 0 Å². The predicted molar refractivity (Wildman–Crippen MR) is 79.5 cm³/mol. The summed E-state index contributed by atoms with van der Waals surface area (Å²) in [7, 11) is 0. The van der Waals surface area contributed by atoms with Crippen molar-refractivity contribution < 1.29 is 0 Å². The van der Waals surface area contributed by atoms with Gasteiger partial charge in [0.15, 0.2) is 0 Å². The quantitative estimate of drug-likeness (QED) is 0.776. The van der Waals surface area contributed by atoms with Crippen LogP contribution in [0.5, 0.6) is 0 Å². The van der Waals surface area contributed by atoms with E-state index >= 15 is 0 Å². The largest absolute Gasteiger partial charge is 0.305 e. The monoisotopic (exact) mass is 294 g/mol. The summed E-state index contributed by atoms with van der Waals surface area (Å²) in [5.41, 5.74) is 0. The molecule has 92 valence electrons. The highest BCUT2D eigenvalue weighted by Crippen LogP contribution is 2.34. The highest BCUT2D eigenvalue weighted by molar-refractivity contribution is 7.19. The van der Waals surface area contributed by atoms with Gasteiger partial charge in [0.25, 0.3) is 0 Å². The first-order valence-corrected chi connectivity index (χ1v) is 7.67. The maximum Gasteiger partial charge on any atom is 0.106 e. The molecule has 0 saturated heterocycles. The van der Waals surface area contributed by atoms with Crippen molar-refractivity contribution in [3.63, 3.8) is 0 Å². The summed E-state index contributed by atoms with van der Waals surface area (Å²) in [6.07, 6.45) is 1.83. The zero-order chi connectivity index (χ0) is 12.4. The van der Waals surface area contributed by atoms with Crippen molar-refractivity contribution in [3.05, 3.63) is 50.7 Å². The Morgan fingerprint density at radius 2 is 2.11 bits per heavy atom. The molecule has 0 saturated carbocycles. The second kappa shape index (κ2) is 5.36. The molecule has 0 radical (unpaired) electrons. The van der Waals surface area contributed by atoms with E-state index in [4.69, 9.17) is 11.6 Å². The van der Waals surface area contributed by atoms with Crippen molar-refractivity contribution in [2.24, 2.45) is 0 Å². The molecule has 5 heteroatoms. The van der Waals surface area contributed by atoms with Crippen LogP contribution >= 0.6 is 34.3 Å². The third kappa shape index (κ3) is 2.42. The number of nitrogens with zero attached hydrogens (tertiary/aromatic N) is 1. The fraction of sp³-hybridized carbons (Fsp3) is 0.154. The Kier molecular flexibility index (Phi) is 3.61. The van der Waals surface area contributed by atoms with Crippen LogP contribution in [0, 0.1) is 0 Å². The molecule has 0 aliphatic carbocycles. The molecule has 0 amide bonds. The molecule has 0 atom stereocenters. The number of halogens is 1. The Labute approximate surface area is 118 Å². The lowest BCUT2D eigenvalue weighted by atomic mass is 10.2. The molecular weight excluding hydrogens is 284 g/mol. The molecular formula is C13H11ClN2S2. The third-order valence-electron chi connectivity index (χ3n) is 2.65. The molecule has 3 rings (SSSR count). The van der Waals surface area contributed by atoms with E-state index < -0.39 is 0 Å². The second-order valence-electron chi connectivity index (χ2n) is 3.86. The normalized spacial score (nSPS) is 11.2. The van der Waals surface area contributed by atoms with Crippen LogP contribution in [0.1, 0.15) is 9.88 Å². The van der Waals surface area contributed by atoms with Gasteiger partial charge in [-0.1, -0.05) is 29.8 Å². The maximum atomic E-state index is 6.38. The number of hydrogen-bond donors (Lipinski definition) is 1. The summed E-state index contributed by atoms with van der Waals surface area (Å²) in [6.45, 7) is 1.58. The second-order valence-corrected chi connectivity index (χ2v) is 6.36. The lowest BCUT2D eigenvalue weighted by Crippen LogP contribution is -2.11. The lowest BCUT2D eigenvalue weighted by molar-refractivity contribution is 0.697. The van der Waals surface area contributed by atoms with E-state index in [9.17, 15) is 0 Å². The van der Waals surface area contributed by atoms with Crippen LogP contribution in [0.25, 0.3) is 10.1 Å². The van der Waals surface area contributed by atoms with Crippen molar-refractivity contribution in [1.82, 2.24) is 10.3 Å². The molecule has 1 N–H and O–H groups in total. The molecule has 0 fully saturated rings. The molecule has 0 unspecified atom stereocenters. The molecule has 0 aliphatic rings. The van der Waals surface area contributed by atoms with Crippen LogP contribution in [-0.4, -0.2) is 4.98 Å². The van der Waals surface area contributed by atoms with E-state index in [0.717, 1.165) is 28.5 Å². The fourth-order valence-corrected chi connectivity index (χ4v) is 3.86. The lowest BCUT2D eigenvalue weighted by Gasteiger charge is -2.00. The minimum atomic E-state index is 0.789. The van der Waals surface area contributed by atoms with Gasteiger partial charge < -0.3 is 5.32 Å². The fourth-order valence-electron chi connectivity index (χ4n) is 1.80. The number of aromatic nitrogens is 1. The Hall–Kier alpha value is -0.940. The smallest absolute Gasteiger partial charge is 0.106 e. The van der Waals surface area contributed by atoms with Crippen molar-refractivity contribution in [2.45, 2.75) is 13.1 Å². The van der Waals surface area contributed by atoms with Gasteiger partial charge in [0.1, 0.15) is 5.01 Å². The van der Waals surface area contributed by atoms with Crippen LogP contribution < -0.4 is 5.32 Å². The van der Waals surface area contributed by atoms with Gasteiger partial charge in [0.05, 0.1) is 5.02 Å². The molecule has 0 aliphatic heterocycles. The van der Waals surface area contributed by atoms with Crippen LogP contribution in [0.4, 0.5) is 0 Å². The summed E-state index contributed by atoms with van der Waals surface area (Å²) in [4.78, 5) is 5.43. The number of rotatable bonds is 4. The van der Waals surface area contributed by atoms with E-state index in [1.54, 1.807) is 22.7 Å². The molecule has 2 nitrogen and oxygen atoms in total. The van der Waals surface area contributed by atoms with Gasteiger partial charge in [0.2, 0.25) is 0 Å². The average Bonchev–Trinajstić information content (AvgIpc) is 3.00. The number of benzene rings is 1. The summed E-state index contributed by atoms with van der Waals surface area (Å²) < 4.78 is 1.24. The summed E-state index contributed by atoms with van der Waals surface area (Å²) in [5, 5.41) is 8.50. The average molecular weight is 295 g/mol. The SMILES string of the molecule is Clc1c(CNCc2nccs2)sc2ccccc12. The summed E-state index contributed by atoms with van der Waals surface area (Å²) >= 11 is 9.79. The van der Waals surface area contributed by atoms with Gasteiger partial charge in [-0.25, -0.2) is 4.98 Å². The molecule has 1 aromatic carbocycles. The summed E-state index contributed by atoms with van der Waals surface area (Å²) in [6, 6.07) is 8.24. The maximum absolute atomic E-state index is 6.38. The number of nitrogens with one attached hydrogen (secondary N) is 1. The Morgan fingerprint density at radius 3 is 2.89 bits per heavy atom. The molecule has 0 spiro atoms. The number of fused-ring (bicyclic) bond motifs is 1. The minimum Gasteiger partial charge on any atom is -0.305 e. The molecule has 2 aromatic heterocycles. The number of hydrogen-bond acceptors (Lipinski definition) is 4. The Balaban J connectivity index is 1.73. The van der Waals surface area contributed by atoms with E-state index in [1.807, 2.05) is 23.7 Å². The minimum absolute atomic E-state index is 0.789. The van der Waals surface area contributed by atoms with E-state index in [-0.39, 0.29) is 0 Å². The van der Waals surface area contributed by atoms with E-state index in [1.165, 1.54) is 9.58 Å². The predicted octanol–water partition coefficient (Wildman–Crippen LogP) is 4.30. The van der Waals surface area contributed by atoms with Crippen molar-refractivity contribution >= 4 is 44.4 Å². The first-order chi connectivity index (χ1) is 8.84. The van der Waals surface area contributed by atoms with Crippen LogP contribution in [-0.2, 0) is 13.1 Å². The molecule has 3 aromatic rings. The topological polar surface area (TPSA) is 24.9 Å². The zero-order valence-corrected chi connectivity index (χ0v) is 11.9. The van der Waals surface area contributed by atoms with Crippen LogP contribution in [0.15, 0.2) is 35.8 Å². The van der Waals surface area contributed by atoms with Crippen LogP contribution in [0.3, 0.4) is 0 Å². The van der Waals surface area contributed by atoms with Gasteiger partial charge in [0, 0.05) is 39.6 Å². The summed E-state index contributed by atoms with van der Waals surface area (Å²) in [5.74, 6) is 0. The van der Waals surface area contributed by atoms with Crippen molar-refractivity contribution in [3.8, 4) is 0 Å². The van der Waals surface area contributed by atoms with E-state index in [0.29, 0.717) is 0 Å². The number of thiazole rings is 1. The van der Waals surface area contributed by atoms with Crippen molar-refractivity contribution in [2.75, 3.05) is 0 Å². The van der Waals surface area contributed by atoms with Crippen molar-refractivity contribution in [1.29, 1.82) is 0 Å². The van der Waals surface area contributed by atoms with Gasteiger partial charge in [-0.15, -0.1) is 22.7 Å². The first-order valence-electron chi connectivity index (χ1n) is 5.59. The molecule has 0 bridgehead atoms.